The molecule has 5 heteroatoms. The second-order valence-electron chi connectivity index (χ2n) is 2.54. The van der Waals surface area contributed by atoms with Crippen LogP contribution < -0.4 is 15.2 Å². The van der Waals surface area contributed by atoms with Crippen molar-refractivity contribution in [2.75, 3.05) is 0 Å². The highest BCUT2D eigenvalue weighted by Gasteiger charge is 2.21. The van der Waals surface area contributed by atoms with Crippen molar-refractivity contribution in [1.29, 1.82) is 0 Å². The molecule has 1 unspecified atom stereocenters. The maximum Gasteiger partial charge on any atom is 0.298 e. The van der Waals surface area contributed by atoms with Crippen molar-refractivity contribution < 1.29 is 14.3 Å². The van der Waals surface area contributed by atoms with Gasteiger partial charge in [-0.15, -0.1) is 0 Å². The van der Waals surface area contributed by atoms with Crippen LogP contribution in [0.15, 0.2) is 18.2 Å². The number of amides is 1. The smallest absolute Gasteiger partial charge is 0.298 e. The van der Waals surface area contributed by atoms with Crippen molar-refractivity contribution in [3.05, 3.63) is 23.8 Å². The zero-order valence-electron chi connectivity index (χ0n) is 6.49. The number of carbonyl (C=O) groups excluding carboxylic acids is 1. The van der Waals surface area contributed by atoms with Gasteiger partial charge in [0, 0.05) is 21.5 Å². The minimum atomic E-state index is -0.482. The Kier molecular flexibility index (Phi) is 1.88. The molecule has 13 heavy (non-hydrogen) atoms. The molecule has 68 valence electrons. The first kappa shape index (κ1) is 8.37. The summed E-state index contributed by atoms with van der Waals surface area (Å²) in [6.45, 7) is 0. The van der Waals surface area contributed by atoms with E-state index in [4.69, 9.17) is 15.2 Å². The van der Waals surface area contributed by atoms with Crippen LogP contribution in [0, 0.1) is 0 Å². The van der Waals surface area contributed by atoms with Crippen molar-refractivity contribution in [2.24, 2.45) is 5.73 Å². The Balaban J connectivity index is 2.40. The molecular weight excluding hydrogens is 238 g/mol. The molecule has 0 aromatic heterocycles. The molecule has 0 fully saturated rings. The first-order valence-corrected chi connectivity index (χ1v) is 4.49. The normalized spacial score (nSPS) is 18.7. The molecule has 4 nitrogen and oxygen atoms in total. The number of halogens is 1. The van der Waals surface area contributed by atoms with Crippen LogP contribution in [-0.2, 0) is 0 Å². The molecule has 0 bridgehead atoms. The number of ether oxygens (including phenoxy) is 2. The maximum absolute atomic E-state index is 10.8. The highest BCUT2D eigenvalue weighted by Crippen LogP contribution is 2.36. The lowest BCUT2D eigenvalue weighted by atomic mass is 10.2. The van der Waals surface area contributed by atoms with Crippen LogP contribution in [-0.4, -0.2) is 11.1 Å². The molecule has 0 radical (unpaired) electrons. The zero-order chi connectivity index (χ0) is 9.42. The van der Waals surface area contributed by atoms with Gasteiger partial charge in [-0.2, -0.15) is 0 Å². The third kappa shape index (κ3) is 1.47. The summed E-state index contributed by atoms with van der Waals surface area (Å²) in [5.74, 6) is 0.648. The van der Waals surface area contributed by atoms with Gasteiger partial charge in [0.25, 0.3) is 5.20 Å². The van der Waals surface area contributed by atoms with Crippen LogP contribution in [0.5, 0.6) is 11.5 Å². The van der Waals surface area contributed by atoms with Gasteiger partial charge in [0.15, 0.2) is 11.5 Å². The molecule has 0 saturated heterocycles. The van der Waals surface area contributed by atoms with E-state index in [1.54, 1.807) is 18.2 Å². The van der Waals surface area contributed by atoms with Crippen LogP contribution in [0.1, 0.15) is 10.4 Å². The molecule has 1 atom stereocenters. The zero-order valence-corrected chi connectivity index (χ0v) is 8.08. The fourth-order valence-electron chi connectivity index (χ4n) is 1.07. The highest BCUT2D eigenvalue weighted by atomic mass is 79.9. The lowest BCUT2D eigenvalue weighted by Crippen LogP contribution is -2.10. The van der Waals surface area contributed by atoms with E-state index in [0.29, 0.717) is 17.1 Å². The van der Waals surface area contributed by atoms with Gasteiger partial charge >= 0.3 is 0 Å². The van der Waals surface area contributed by atoms with Gasteiger partial charge in [0.2, 0.25) is 5.91 Å². The summed E-state index contributed by atoms with van der Waals surface area (Å²) in [6.07, 6.45) is 0. The number of fused-ring (bicyclic) bond motifs is 1. The molecule has 1 aromatic rings. The van der Waals surface area contributed by atoms with E-state index in [9.17, 15) is 4.79 Å². The van der Waals surface area contributed by atoms with Gasteiger partial charge in [0.1, 0.15) is 0 Å². The van der Waals surface area contributed by atoms with Gasteiger partial charge in [-0.25, -0.2) is 0 Å². The summed E-state index contributed by atoms with van der Waals surface area (Å²) in [5, 5.41) is -0.481. The summed E-state index contributed by atoms with van der Waals surface area (Å²) in [4.78, 5) is 10.8. The van der Waals surface area contributed by atoms with Gasteiger partial charge in [-0.3, -0.25) is 4.79 Å². The summed E-state index contributed by atoms with van der Waals surface area (Å²) in [5.41, 5.74) is 5.50. The van der Waals surface area contributed by atoms with Crippen LogP contribution >= 0.6 is 15.9 Å². The Hall–Kier alpha value is -1.23. The molecule has 1 heterocycles. The van der Waals surface area contributed by atoms with E-state index in [0.717, 1.165) is 0 Å². The summed E-state index contributed by atoms with van der Waals surface area (Å²) in [7, 11) is 0. The second kappa shape index (κ2) is 2.92. The number of alkyl halides is 1. The highest BCUT2D eigenvalue weighted by molar-refractivity contribution is 9.09. The Bertz CT molecular complexity index is 366. The van der Waals surface area contributed by atoms with Gasteiger partial charge < -0.3 is 15.2 Å². The topological polar surface area (TPSA) is 61.6 Å². The van der Waals surface area contributed by atoms with E-state index in [2.05, 4.69) is 15.9 Å². The molecular formula is C8H6BrNO3. The third-order valence-corrected chi connectivity index (χ3v) is 2.04. The number of nitrogens with two attached hydrogens (primary N) is 1. The van der Waals surface area contributed by atoms with E-state index in [1.807, 2.05) is 0 Å². The van der Waals surface area contributed by atoms with Crippen molar-refractivity contribution in [1.82, 2.24) is 0 Å². The van der Waals surface area contributed by atoms with Crippen LogP contribution in [0.25, 0.3) is 0 Å². The predicted octanol–water partition coefficient (Wildman–Crippen LogP) is 1.24. The van der Waals surface area contributed by atoms with Gasteiger partial charge in [-0.1, -0.05) is 0 Å². The summed E-state index contributed by atoms with van der Waals surface area (Å²) < 4.78 is 10.4. The Labute approximate surface area is 82.8 Å². The van der Waals surface area contributed by atoms with E-state index in [-0.39, 0.29) is 0 Å². The minimum Gasteiger partial charge on any atom is -0.441 e. The Morgan fingerprint density at radius 2 is 2.08 bits per heavy atom. The number of hydrogen-bond acceptors (Lipinski definition) is 3. The molecule has 0 spiro atoms. The van der Waals surface area contributed by atoms with Crippen LogP contribution in [0.3, 0.4) is 0 Å². The van der Waals surface area contributed by atoms with Crippen molar-refractivity contribution in [2.45, 2.75) is 5.20 Å². The number of hydrogen-bond donors (Lipinski definition) is 1. The van der Waals surface area contributed by atoms with Crippen LogP contribution in [0.4, 0.5) is 0 Å². The number of primary amides is 1. The number of benzene rings is 1. The molecule has 2 rings (SSSR count). The Morgan fingerprint density at radius 1 is 1.38 bits per heavy atom. The summed E-state index contributed by atoms with van der Waals surface area (Å²) in [6, 6.07) is 4.80. The van der Waals surface area contributed by atoms with Crippen LogP contribution in [0.2, 0.25) is 0 Å². The van der Waals surface area contributed by atoms with Crippen molar-refractivity contribution >= 4 is 21.8 Å². The minimum absolute atomic E-state index is 0.406. The van der Waals surface area contributed by atoms with Crippen molar-refractivity contribution in [3.63, 3.8) is 0 Å². The average Bonchev–Trinajstić information content (AvgIpc) is 2.42. The predicted molar refractivity (Wildman–Crippen MR) is 48.9 cm³/mol. The summed E-state index contributed by atoms with van der Waals surface area (Å²) >= 11 is 3.12. The van der Waals surface area contributed by atoms with E-state index < -0.39 is 11.1 Å². The van der Waals surface area contributed by atoms with E-state index >= 15 is 0 Å². The SMILES string of the molecule is NC(=O)c1ccc2c(c1)OC(Br)O2. The molecule has 1 aliphatic heterocycles. The monoisotopic (exact) mass is 243 g/mol. The lowest BCUT2D eigenvalue weighted by Gasteiger charge is -1.97. The third-order valence-electron chi connectivity index (χ3n) is 1.67. The largest absolute Gasteiger partial charge is 0.441 e. The first-order valence-electron chi connectivity index (χ1n) is 3.58. The molecule has 2 N–H and O–H groups in total. The average molecular weight is 244 g/mol. The molecule has 1 amide bonds. The van der Waals surface area contributed by atoms with Gasteiger partial charge in [0.05, 0.1) is 0 Å². The molecule has 0 aliphatic carbocycles. The standard InChI is InChI=1S/C8H6BrNO3/c9-8-12-5-2-1-4(7(10)11)3-6(5)13-8/h1-3,8H,(H2,10,11). The van der Waals surface area contributed by atoms with Crippen molar-refractivity contribution in [3.8, 4) is 11.5 Å². The quantitative estimate of drug-likeness (QED) is 0.756. The molecule has 1 aliphatic rings. The first-order chi connectivity index (χ1) is 6.16. The number of rotatable bonds is 1. The number of carbonyl (C=O) groups is 1. The maximum atomic E-state index is 10.8. The second-order valence-corrected chi connectivity index (χ2v) is 3.28. The molecule has 1 aromatic carbocycles. The van der Waals surface area contributed by atoms with E-state index in [1.165, 1.54) is 0 Å². The fourth-order valence-corrected chi connectivity index (χ4v) is 1.48. The van der Waals surface area contributed by atoms with Gasteiger partial charge in [-0.05, 0) is 18.2 Å². The Morgan fingerprint density at radius 3 is 2.77 bits per heavy atom. The molecule has 0 saturated carbocycles. The lowest BCUT2D eigenvalue weighted by molar-refractivity contribution is 0.0999. The fraction of sp³-hybridized carbons (Fsp3) is 0.125.